The van der Waals surface area contributed by atoms with Crippen LogP contribution in [0, 0.1) is 19.7 Å². The van der Waals surface area contributed by atoms with Gasteiger partial charge in [-0.15, -0.1) is 5.10 Å². The van der Waals surface area contributed by atoms with E-state index in [9.17, 15) is 9.18 Å². The molecule has 0 aliphatic carbocycles. The molecule has 2 rings (SSSR count). The SMILES string of the molecule is Cc1cc(C(=O)c2snnc2C)ccc1F. The Morgan fingerprint density at radius 2 is 2.12 bits per heavy atom. The lowest BCUT2D eigenvalue weighted by atomic mass is 10.1. The number of carbonyl (C=O) groups is 1. The zero-order chi connectivity index (χ0) is 11.7. The quantitative estimate of drug-likeness (QED) is 0.752. The molecule has 0 saturated carbocycles. The molecule has 1 aromatic heterocycles. The summed E-state index contributed by atoms with van der Waals surface area (Å²) >= 11 is 1.06. The second-order valence-corrected chi connectivity index (χ2v) is 4.23. The second kappa shape index (κ2) is 4.09. The van der Waals surface area contributed by atoms with E-state index < -0.39 is 0 Å². The fourth-order valence-corrected chi connectivity index (χ4v) is 1.98. The van der Waals surface area contributed by atoms with Gasteiger partial charge in [0.05, 0.1) is 5.69 Å². The van der Waals surface area contributed by atoms with E-state index in [2.05, 4.69) is 9.59 Å². The molecule has 2 aromatic rings. The van der Waals surface area contributed by atoms with Crippen LogP contribution >= 0.6 is 11.5 Å². The van der Waals surface area contributed by atoms with E-state index in [1.807, 2.05) is 0 Å². The molecule has 1 heterocycles. The Balaban J connectivity index is 2.42. The molecule has 82 valence electrons. The van der Waals surface area contributed by atoms with Gasteiger partial charge in [0, 0.05) is 5.56 Å². The summed E-state index contributed by atoms with van der Waals surface area (Å²) in [6.07, 6.45) is 0. The molecule has 0 spiro atoms. The molecule has 0 bridgehead atoms. The molecule has 0 N–H and O–H groups in total. The van der Waals surface area contributed by atoms with E-state index in [-0.39, 0.29) is 11.6 Å². The van der Waals surface area contributed by atoms with E-state index in [4.69, 9.17) is 0 Å². The normalized spacial score (nSPS) is 10.4. The summed E-state index contributed by atoms with van der Waals surface area (Å²) < 4.78 is 16.8. The Morgan fingerprint density at radius 1 is 1.38 bits per heavy atom. The Kier molecular flexibility index (Phi) is 2.78. The first kappa shape index (κ1) is 10.9. The maximum absolute atomic E-state index is 13.1. The molecule has 5 heteroatoms. The van der Waals surface area contributed by atoms with Crippen LogP contribution < -0.4 is 0 Å². The van der Waals surface area contributed by atoms with Crippen LogP contribution in [0.25, 0.3) is 0 Å². The van der Waals surface area contributed by atoms with Gasteiger partial charge in [0.1, 0.15) is 10.7 Å². The highest BCUT2D eigenvalue weighted by atomic mass is 32.1. The summed E-state index contributed by atoms with van der Waals surface area (Å²) in [5.74, 6) is -0.466. The highest BCUT2D eigenvalue weighted by Crippen LogP contribution is 2.17. The topological polar surface area (TPSA) is 42.9 Å². The van der Waals surface area contributed by atoms with Crippen LogP contribution in [0.1, 0.15) is 26.5 Å². The predicted octanol–water partition coefficient (Wildman–Crippen LogP) is 2.53. The molecular weight excluding hydrogens is 227 g/mol. The van der Waals surface area contributed by atoms with Crippen molar-refractivity contribution in [1.29, 1.82) is 0 Å². The van der Waals surface area contributed by atoms with Crippen molar-refractivity contribution in [3.8, 4) is 0 Å². The molecule has 0 atom stereocenters. The standard InChI is InChI=1S/C11H9FN2OS/c1-6-5-8(3-4-9(6)12)10(15)11-7(2)13-14-16-11/h3-5H,1-2H3. The van der Waals surface area contributed by atoms with Crippen LogP contribution in [-0.4, -0.2) is 15.4 Å². The van der Waals surface area contributed by atoms with Crippen LogP contribution in [-0.2, 0) is 0 Å². The molecule has 0 aliphatic rings. The van der Waals surface area contributed by atoms with Gasteiger partial charge in [-0.3, -0.25) is 4.79 Å². The molecule has 0 fully saturated rings. The third kappa shape index (κ3) is 1.86. The lowest BCUT2D eigenvalue weighted by molar-refractivity contribution is 0.104. The van der Waals surface area contributed by atoms with Gasteiger partial charge in [-0.25, -0.2) is 4.39 Å². The largest absolute Gasteiger partial charge is 0.288 e. The van der Waals surface area contributed by atoms with Crippen molar-refractivity contribution in [3.05, 3.63) is 45.7 Å². The van der Waals surface area contributed by atoms with Crippen molar-refractivity contribution in [3.63, 3.8) is 0 Å². The fourth-order valence-electron chi connectivity index (χ4n) is 1.36. The first-order valence-corrected chi connectivity index (χ1v) is 5.46. The fraction of sp³-hybridized carbons (Fsp3) is 0.182. The number of benzene rings is 1. The first-order chi connectivity index (χ1) is 7.59. The average Bonchev–Trinajstić information content (AvgIpc) is 2.67. The molecule has 0 unspecified atom stereocenters. The number of aromatic nitrogens is 2. The van der Waals surface area contributed by atoms with E-state index in [1.165, 1.54) is 18.2 Å². The number of halogens is 1. The first-order valence-electron chi connectivity index (χ1n) is 4.69. The van der Waals surface area contributed by atoms with Gasteiger partial charge >= 0.3 is 0 Å². The van der Waals surface area contributed by atoms with Crippen molar-refractivity contribution >= 4 is 17.3 Å². The van der Waals surface area contributed by atoms with Crippen LogP contribution in [0.2, 0.25) is 0 Å². The average molecular weight is 236 g/mol. The lowest BCUT2D eigenvalue weighted by Gasteiger charge is -2.01. The van der Waals surface area contributed by atoms with Crippen LogP contribution in [0.15, 0.2) is 18.2 Å². The molecule has 0 saturated heterocycles. The summed E-state index contributed by atoms with van der Waals surface area (Å²) in [6, 6.07) is 4.31. The summed E-state index contributed by atoms with van der Waals surface area (Å²) in [4.78, 5) is 12.5. The van der Waals surface area contributed by atoms with Gasteiger partial charge in [0.2, 0.25) is 5.78 Å². The Bertz CT molecular complexity index is 551. The minimum Gasteiger partial charge on any atom is -0.288 e. The summed E-state index contributed by atoms with van der Waals surface area (Å²) in [5.41, 5.74) is 1.53. The van der Waals surface area contributed by atoms with E-state index in [0.717, 1.165) is 11.5 Å². The maximum Gasteiger partial charge on any atom is 0.206 e. The zero-order valence-electron chi connectivity index (χ0n) is 8.82. The Hall–Kier alpha value is -1.62. The van der Waals surface area contributed by atoms with Crippen molar-refractivity contribution in [2.24, 2.45) is 0 Å². The Labute approximate surface area is 96.1 Å². The van der Waals surface area contributed by atoms with Gasteiger partial charge < -0.3 is 0 Å². The van der Waals surface area contributed by atoms with Crippen molar-refractivity contribution in [1.82, 2.24) is 9.59 Å². The molecule has 1 aromatic carbocycles. The van der Waals surface area contributed by atoms with Gasteiger partial charge in [0.25, 0.3) is 0 Å². The maximum atomic E-state index is 13.1. The summed E-state index contributed by atoms with van der Waals surface area (Å²) in [7, 11) is 0. The number of nitrogens with zero attached hydrogens (tertiary/aromatic N) is 2. The van der Waals surface area contributed by atoms with Gasteiger partial charge in [-0.1, -0.05) is 4.49 Å². The molecule has 0 aliphatic heterocycles. The van der Waals surface area contributed by atoms with Crippen LogP contribution in [0.5, 0.6) is 0 Å². The van der Waals surface area contributed by atoms with E-state index in [0.29, 0.717) is 21.7 Å². The molecule has 0 amide bonds. The highest BCUT2D eigenvalue weighted by molar-refractivity contribution is 7.08. The molecule has 16 heavy (non-hydrogen) atoms. The van der Waals surface area contributed by atoms with Crippen LogP contribution in [0.3, 0.4) is 0 Å². The third-order valence-electron chi connectivity index (χ3n) is 2.28. The van der Waals surface area contributed by atoms with Gasteiger partial charge in [0.15, 0.2) is 0 Å². The second-order valence-electron chi connectivity index (χ2n) is 3.48. The number of rotatable bonds is 2. The predicted molar refractivity (Wildman–Crippen MR) is 59.2 cm³/mol. The minimum absolute atomic E-state index is 0.157. The molecule has 0 radical (unpaired) electrons. The Morgan fingerprint density at radius 3 is 2.69 bits per heavy atom. The summed E-state index contributed by atoms with van der Waals surface area (Å²) in [5, 5.41) is 3.78. The van der Waals surface area contributed by atoms with Gasteiger partial charge in [-0.2, -0.15) is 0 Å². The summed E-state index contributed by atoms with van der Waals surface area (Å²) in [6.45, 7) is 3.36. The minimum atomic E-state index is -0.310. The number of carbonyl (C=O) groups excluding carboxylic acids is 1. The monoisotopic (exact) mass is 236 g/mol. The van der Waals surface area contributed by atoms with E-state index in [1.54, 1.807) is 13.8 Å². The van der Waals surface area contributed by atoms with Crippen LogP contribution in [0.4, 0.5) is 4.39 Å². The van der Waals surface area contributed by atoms with E-state index >= 15 is 0 Å². The highest BCUT2D eigenvalue weighted by Gasteiger charge is 2.15. The number of hydrogen-bond acceptors (Lipinski definition) is 4. The number of hydrogen-bond donors (Lipinski definition) is 0. The zero-order valence-corrected chi connectivity index (χ0v) is 9.64. The van der Waals surface area contributed by atoms with Crippen molar-refractivity contribution in [2.45, 2.75) is 13.8 Å². The van der Waals surface area contributed by atoms with Crippen molar-refractivity contribution in [2.75, 3.05) is 0 Å². The smallest absolute Gasteiger partial charge is 0.206 e. The van der Waals surface area contributed by atoms with Crippen molar-refractivity contribution < 1.29 is 9.18 Å². The third-order valence-corrected chi connectivity index (χ3v) is 3.10. The molecular formula is C11H9FN2OS. The number of ketones is 1. The number of aryl methyl sites for hydroxylation is 2. The lowest BCUT2D eigenvalue weighted by Crippen LogP contribution is -2.01. The van der Waals surface area contributed by atoms with Gasteiger partial charge in [-0.05, 0) is 49.1 Å². The molecule has 3 nitrogen and oxygen atoms in total.